The van der Waals surface area contributed by atoms with E-state index in [2.05, 4.69) is 187 Å². The van der Waals surface area contributed by atoms with Gasteiger partial charge in [0.1, 0.15) is 11.2 Å². The molecule has 9 aromatic carbocycles. The zero-order valence-electron chi connectivity index (χ0n) is 33.5. The van der Waals surface area contributed by atoms with Crippen LogP contribution in [0.1, 0.15) is 0 Å². The number of fused-ring (bicyclic) bond motifs is 6. The third-order valence-electron chi connectivity index (χ3n) is 11.9. The first-order valence-electron chi connectivity index (χ1n) is 20.9. The van der Waals surface area contributed by atoms with Crippen LogP contribution in [-0.4, -0.2) is 19.5 Å². The number of nitrogens with zero attached hydrogens (tertiary/aromatic N) is 4. The summed E-state index contributed by atoms with van der Waals surface area (Å²) in [5.74, 6) is 1.80. The van der Waals surface area contributed by atoms with Crippen LogP contribution in [0, 0.1) is 0 Å². The van der Waals surface area contributed by atoms with Gasteiger partial charge in [-0.15, -0.1) is 0 Å². The number of hydrogen-bond acceptors (Lipinski definition) is 4. The van der Waals surface area contributed by atoms with Crippen molar-refractivity contribution in [1.29, 1.82) is 0 Å². The van der Waals surface area contributed by atoms with Crippen LogP contribution in [0.15, 0.2) is 223 Å². The maximum atomic E-state index is 6.57. The highest BCUT2D eigenvalue weighted by atomic mass is 16.3. The van der Waals surface area contributed by atoms with E-state index in [-0.39, 0.29) is 0 Å². The van der Waals surface area contributed by atoms with Crippen LogP contribution in [0.4, 0.5) is 0 Å². The summed E-state index contributed by atoms with van der Waals surface area (Å²) in [5, 5.41) is 4.52. The molecule has 62 heavy (non-hydrogen) atoms. The zero-order chi connectivity index (χ0) is 41.0. The highest BCUT2D eigenvalue weighted by Crippen LogP contribution is 2.42. The minimum Gasteiger partial charge on any atom is -0.455 e. The average molecular weight is 793 g/mol. The average Bonchev–Trinajstić information content (AvgIpc) is 3.90. The van der Waals surface area contributed by atoms with Gasteiger partial charge in [-0.3, -0.25) is 0 Å². The normalized spacial score (nSPS) is 11.5. The summed E-state index contributed by atoms with van der Waals surface area (Å²) in [6.45, 7) is 0. The number of para-hydroxylation sites is 3. The van der Waals surface area contributed by atoms with Crippen LogP contribution in [0.3, 0.4) is 0 Å². The first-order chi connectivity index (χ1) is 30.7. The van der Waals surface area contributed by atoms with Crippen molar-refractivity contribution < 1.29 is 4.42 Å². The van der Waals surface area contributed by atoms with Gasteiger partial charge in [0.2, 0.25) is 0 Å². The summed E-state index contributed by atoms with van der Waals surface area (Å²) < 4.78 is 8.96. The van der Waals surface area contributed by atoms with Gasteiger partial charge in [-0.1, -0.05) is 188 Å². The fourth-order valence-electron chi connectivity index (χ4n) is 8.97. The minimum atomic E-state index is 0.584. The molecular weight excluding hydrogens is 757 g/mol. The quantitative estimate of drug-likeness (QED) is 0.161. The summed E-state index contributed by atoms with van der Waals surface area (Å²) in [7, 11) is 0. The molecule has 0 unspecified atom stereocenters. The first-order valence-corrected chi connectivity index (χ1v) is 20.9. The van der Waals surface area contributed by atoms with Gasteiger partial charge in [0.15, 0.2) is 17.5 Å². The Labute approximate surface area is 357 Å². The van der Waals surface area contributed by atoms with Crippen molar-refractivity contribution in [1.82, 2.24) is 19.5 Å². The van der Waals surface area contributed by atoms with Crippen LogP contribution >= 0.6 is 0 Å². The number of furan rings is 1. The fourth-order valence-corrected chi connectivity index (χ4v) is 8.97. The Kier molecular flexibility index (Phi) is 8.42. The standard InChI is InChI=1S/C57H36N4O/c1-4-17-37(18-5-1)40-31-34-49(57-59-55(39-21-8-3-9-22-39)58-56(60-57)48-26-11-10-23-42(48)38-19-6-2-7-20-38)52(35-40)61-50-29-14-12-24-44(50)45-33-32-41(36-51(45)61)43-27-16-28-47-46-25-13-15-30-53(46)62-54(43)47/h1-36H. The molecule has 290 valence electrons. The van der Waals surface area contributed by atoms with Crippen molar-refractivity contribution >= 4 is 43.7 Å². The highest BCUT2D eigenvalue weighted by molar-refractivity contribution is 6.13. The Bertz CT molecular complexity index is 3630. The smallest absolute Gasteiger partial charge is 0.166 e. The van der Waals surface area contributed by atoms with Gasteiger partial charge < -0.3 is 8.98 Å². The highest BCUT2D eigenvalue weighted by Gasteiger charge is 2.22. The molecule has 0 N–H and O–H groups in total. The van der Waals surface area contributed by atoms with E-state index >= 15 is 0 Å². The molecule has 12 aromatic rings. The van der Waals surface area contributed by atoms with E-state index in [0.29, 0.717) is 17.5 Å². The molecule has 0 aliphatic heterocycles. The Hall–Kier alpha value is -8.41. The summed E-state index contributed by atoms with van der Waals surface area (Å²) in [5.41, 5.74) is 14.1. The number of aromatic nitrogens is 4. The van der Waals surface area contributed by atoms with E-state index in [1.54, 1.807) is 0 Å². The van der Waals surface area contributed by atoms with E-state index < -0.39 is 0 Å². The topological polar surface area (TPSA) is 56.7 Å². The van der Waals surface area contributed by atoms with E-state index in [4.69, 9.17) is 19.4 Å². The van der Waals surface area contributed by atoms with E-state index in [1.807, 2.05) is 36.4 Å². The molecule has 0 radical (unpaired) electrons. The van der Waals surface area contributed by atoms with Crippen LogP contribution < -0.4 is 0 Å². The molecule has 0 bridgehead atoms. The van der Waals surface area contributed by atoms with Crippen LogP contribution in [0.25, 0.3) is 117 Å². The lowest BCUT2D eigenvalue weighted by atomic mass is 9.99. The second-order valence-corrected chi connectivity index (χ2v) is 15.5. The van der Waals surface area contributed by atoms with Crippen molar-refractivity contribution in [3.8, 4) is 73.2 Å². The van der Waals surface area contributed by atoms with Gasteiger partial charge in [-0.25, -0.2) is 15.0 Å². The Morgan fingerprint density at radius 3 is 1.66 bits per heavy atom. The van der Waals surface area contributed by atoms with Crippen molar-refractivity contribution in [2.75, 3.05) is 0 Å². The van der Waals surface area contributed by atoms with Gasteiger partial charge in [0, 0.05) is 43.8 Å². The molecule has 0 amide bonds. The molecule has 0 atom stereocenters. The van der Waals surface area contributed by atoms with Crippen molar-refractivity contribution in [2.24, 2.45) is 0 Å². The zero-order valence-corrected chi connectivity index (χ0v) is 33.5. The molecule has 3 aromatic heterocycles. The molecule has 0 saturated heterocycles. The third-order valence-corrected chi connectivity index (χ3v) is 11.9. The van der Waals surface area contributed by atoms with Crippen molar-refractivity contribution in [3.05, 3.63) is 218 Å². The van der Waals surface area contributed by atoms with Crippen LogP contribution in [0.2, 0.25) is 0 Å². The first kappa shape index (κ1) is 35.5. The van der Waals surface area contributed by atoms with Gasteiger partial charge in [0.25, 0.3) is 0 Å². The SMILES string of the molecule is c1ccc(-c2ccc(-c3nc(-c4ccccc4)nc(-c4ccccc4-c4ccccc4)n3)c(-n3c4ccccc4c4ccc(-c5cccc6c5oc5ccccc56)cc43)c2)cc1. The maximum Gasteiger partial charge on any atom is 0.166 e. The molecule has 3 heterocycles. The number of rotatable bonds is 7. The Morgan fingerprint density at radius 2 is 0.871 bits per heavy atom. The van der Waals surface area contributed by atoms with Crippen molar-refractivity contribution in [2.45, 2.75) is 0 Å². The molecule has 5 heteroatoms. The summed E-state index contributed by atoms with van der Waals surface area (Å²) in [6, 6.07) is 76.3. The van der Waals surface area contributed by atoms with Crippen LogP contribution in [0.5, 0.6) is 0 Å². The molecule has 0 aliphatic carbocycles. The number of hydrogen-bond donors (Lipinski definition) is 0. The van der Waals surface area contributed by atoms with Crippen LogP contribution in [-0.2, 0) is 0 Å². The molecule has 12 rings (SSSR count). The molecule has 0 saturated carbocycles. The second-order valence-electron chi connectivity index (χ2n) is 15.5. The monoisotopic (exact) mass is 792 g/mol. The largest absolute Gasteiger partial charge is 0.455 e. The lowest BCUT2D eigenvalue weighted by molar-refractivity contribution is 0.670. The number of benzene rings is 9. The third kappa shape index (κ3) is 5.98. The molecule has 0 spiro atoms. The van der Waals surface area contributed by atoms with Crippen molar-refractivity contribution in [3.63, 3.8) is 0 Å². The van der Waals surface area contributed by atoms with E-state index in [1.165, 1.54) is 0 Å². The Morgan fingerprint density at radius 1 is 0.306 bits per heavy atom. The van der Waals surface area contributed by atoms with Gasteiger partial charge in [-0.2, -0.15) is 0 Å². The lowest BCUT2D eigenvalue weighted by Crippen LogP contribution is -2.04. The molecular formula is C57H36N4O. The summed E-state index contributed by atoms with van der Waals surface area (Å²) in [6.07, 6.45) is 0. The molecule has 5 nitrogen and oxygen atoms in total. The second kappa shape index (κ2) is 14.7. The predicted molar refractivity (Wildman–Crippen MR) is 254 cm³/mol. The van der Waals surface area contributed by atoms with E-state index in [0.717, 1.165) is 99.5 Å². The minimum absolute atomic E-state index is 0.584. The molecule has 0 fully saturated rings. The Balaban J connectivity index is 1.14. The van der Waals surface area contributed by atoms with Gasteiger partial charge in [0.05, 0.1) is 16.7 Å². The lowest BCUT2D eigenvalue weighted by Gasteiger charge is -2.17. The predicted octanol–water partition coefficient (Wildman–Crippen LogP) is 14.9. The van der Waals surface area contributed by atoms with Gasteiger partial charge >= 0.3 is 0 Å². The summed E-state index contributed by atoms with van der Waals surface area (Å²) >= 11 is 0. The maximum absolute atomic E-state index is 6.57. The summed E-state index contributed by atoms with van der Waals surface area (Å²) in [4.78, 5) is 15.9. The van der Waals surface area contributed by atoms with Gasteiger partial charge in [-0.05, 0) is 58.1 Å². The molecule has 0 aliphatic rings. The fraction of sp³-hybridized carbons (Fsp3) is 0. The van der Waals surface area contributed by atoms with E-state index in [9.17, 15) is 0 Å².